The molecule has 1 heterocycles. The van der Waals surface area contributed by atoms with Crippen molar-refractivity contribution in [3.63, 3.8) is 0 Å². The summed E-state index contributed by atoms with van der Waals surface area (Å²) in [4.78, 5) is 1.32. The Bertz CT molecular complexity index is 338. The van der Waals surface area contributed by atoms with Gasteiger partial charge in [0.2, 0.25) is 0 Å². The zero-order valence-electron chi connectivity index (χ0n) is 7.82. The van der Waals surface area contributed by atoms with Crippen LogP contribution in [-0.4, -0.2) is 16.7 Å². The van der Waals surface area contributed by atoms with E-state index in [4.69, 9.17) is 11.6 Å². The maximum atomic E-state index is 5.66. The Labute approximate surface area is 93.9 Å². The second-order valence-corrected chi connectivity index (χ2v) is 4.60. The van der Waals surface area contributed by atoms with Crippen molar-refractivity contribution in [1.29, 1.82) is 0 Å². The second-order valence-electron chi connectivity index (χ2n) is 3.13. The monoisotopic (exact) mass is 225 g/mol. The minimum Gasteiger partial charge on any atom is -0.319 e. The Hall–Kier alpha value is -0.600. The molecule has 0 spiro atoms. The molecular weight excluding hydrogens is 214 g/mol. The molecule has 1 aliphatic rings. The maximum Gasteiger partial charge on any atom is 0.0359 e. The highest BCUT2D eigenvalue weighted by Crippen LogP contribution is 2.31. The van der Waals surface area contributed by atoms with Gasteiger partial charge in [0, 0.05) is 23.5 Å². The van der Waals surface area contributed by atoms with E-state index in [0.717, 1.165) is 18.8 Å². The van der Waals surface area contributed by atoms with Crippen molar-refractivity contribution >= 4 is 29.6 Å². The summed E-state index contributed by atoms with van der Waals surface area (Å²) in [5.74, 6) is 0.729. The lowest BCUT2D eigenvalue weighted by atomic mass is 10.2. The van der Waals surface area contributed by atoms with Gasteiger partial charge < -0.3 is 4.31 Å². The van der Waals surface area contributed by atoms with Crippen LogP contribution in [0, 0.1) is 0 Å². The summed E-state index contributed by atoms with van der Waals surface area (Å²) < 4.78 is 2.23. The van der Waals surface area contributed by atoms with E-state index < -0.39 is 0 Å². The number of benzene rings is 1. The van der Waals surface area contributed by atoms with Crippen molar-refractivity contribution in [2.75, 3.05) is 12.4 Å². The third kappa shape index (κ3) is 2.25. The summed E-state index contributed by atoms with van der Waals surface area (Å²) in [6.45, 7) is 1.01. The van der Waals surface area contributed by atoms with Crippen molar-refractivity contribution < 1.29 is 0 Å². The van der Waals surface area contributed by atoms with Gasteiger partial charge in [0.15, 0.2) is 0 Å². The number of alkyl halides is 1. The van der Waals surface area contributed by atoms with Gasteiger partial charge in [-0.15, -0.1) is 11.6 Å². The average molecular weight is 226 g/mol. The Morgan fingerprint density at radius 1 is 1.29 bits per heavy atom. The molecule has 2 rings (SSSR count). The summed E-state index contributed by atoms with van der Waals surface area (Å²) >= 11 is 7.45. The van der Waals surface area contributed by atoms with E-state index in [9.17, 15) is 0 Å². The van der Waals surface area contributed by atoms with Gasteiger partial charge in [-0.25, -0.2) is 0 Å². The molecule has 0 atom stereocenters. The fraction of sp³-hybridized carbons (Fsp3) is 0.273. The van der Waals surface area contributed by atoms with E-state index in [1.54, 1.807) is 11.9 Å². The molecule has 0 aliphatic carbocycles. The molecule has 0 unspecified atom stereocenters. The average Bonchev–Trinajstić information content (AvgIpc) is 2.26. The fourth-order valence-electron chi connectivity index (χ4n) is 1.36. The summed E-state index contributed by atoms with van der Waals surface area (Å²) in [6.07, 6.45) is 5.31. The molecule has 0 N–H and O–H groups in total. The van der Waals surface area contributed by atoms with Crippen LogP contribution < -0.4 is 0 Å². The van der Waals surface area contributed by atoms with E-state index >= 15 is 0 Å². The molecule has 14 heavy (non-hydrogen) atoms. The molecule has 1 aromatic carbocycles. The normalized spacial score (nSPS) is 14.2. The van der Waals surface area contributed by atoms with Crippen LogP contribution in [0.3, 0.4) is 0 Å². The number of hydrogen-bond acceptors (Lipinski definition) is 2. The zero-order valence-corrected chi connectivity index (χ0v) is 9.39. The quantitative estimate of drug-likeness (QED) is 0.571. The molecule has 1 aromatic rings. The molecule has 0 saturated heterocycles. The molecule has 0 saturated carbocycles. The molecule has 0 fully saturated rings. The Kier molecular flexibility index (Phi) is 3.38. The third-order valence-electron chi connectivity index (χ3n) is 2.07. The number of hydrogen-bond donors (Lipinski definition) is 0. The SMILES string of the molecule is ClCCCN1C=Cc2ccccc2S1. The first kappa shape index (κ1) is 9.94. The van der Waals surface area contributed by atoms with Gasteiger partial charge in [-0.1, -0.05) is 18.2 Å². The Morgan fingerprint density at radius 2 is 2.14 bits per heavy atom. The predicted octanol–water partition coefficient (Wildman–Crippen LogP) is 3.61. The van der Waals surface area contributed by atoms with Crippen molar-refractivity contribution in [1.82, 2.24) is 4.31 Å². The highest BCUT2D eigenvalue weighted by molar-refractivity contribution is 7.97. The van der Waals surface area contributed by atoms with Crippen LogP contribution in [0.1, 0.15) is 12.0 Å². The Morgan fingerprint density at radius 3 is 3.00 bits per heavy atom. The van der Waals surface area contributed by atoms with Crippen LogP contribution in [0.4, 0.5) is 0 Å². The largest absolute Gasteiger partial charge is 0.319 e. The van der Waals surface area contributed by atoms with Gasteiger partial charge in [-0.3, -0.25) is 0 Å². The van der Waals surface area contributed by atoms with E-state index in [-0.39, 0.29) is 0 Å². The standard InChI is InChI=1S/C11H12ClNS/c12-7-3-8-13-9-6-10-4-1-2-5-11(10)14-13/h1-2,4-6,9H,3,7-8H2. The van der Waals surface area contributed by atoms with Crippen LogP contribution >= 0.6 is 23.5 Å². The maximum absolute atomic E-state index is 5.66. The van der Waals surface area contributed by atoms with Crippen LogP contribution in [0.2, 0.25) is 0 Å². The smallest absolute Gasteiger partial charge is 0.0359 e. The first-order chi connectivity index (χ1) is 6.90. The lowest BCUT2D eigenvalue weighted by molar-refractivity contribution is 0.609. The first-order valence-electron chi connectivity index (χ1n) is 4.68. The fourth-order valence-corrected chi connectivity index (χ4v) is 2.45. The van der Waals surface area contributed by atoms with Crippen molar-refractivity contribution in [2.24, 2.45) is 0 Å². The van der Waals surface area contributed by atoms with E-state index in [0.29, 0.717) is 0 Å². The zero-order chi connectivity index (χ0) is 9.80. The number of rotatable bonds is 3. The van der Waals surface area contributed by atoms with Crippen LogP contribution in [0.15, 0.2) is 35.4 Å². The van der Waals surface area contributed by atoms with Gasteiger partial charge in [0.25, 0.3) is 0 Å². The molecule has 1 nitrogen and oxygen atoms in total. The summed E-state index contributed by atoms with van der Waals surface area (Å²) in [7, 11) is 0. The molecule has 0 bridgehead atoms. The predicted molar refractivity (Wildman–Crippen MR) is 63.4 cm³/mol. The second kappa shape index (κ2) is 4.76. The highest BCUT2D eigenvalue weighted by Gasteiger charge is 2.09. The lowest BCUT2D eigenvalue weighted by Gasteiger charge is -2.23. The van der Waals surface area contributed by atoms with E-state index in [1.165, 1.54) is 10.5 Å². The van der Waals surface area contributed by atoms with Crippen molar-refractivity contribution in [3.05, 3.63) is 36.0 Å². The van der Waals surface area contributed by atoms with Crippen molar-refractivity contribution in [3.8, 4) is 0 Å². The molecule has 0 radical (unpaired) electrons. The summed E-state index contributed by atoms with van der Waals surface area (Å²) in [5, 5.41) is 0. The van der Waals surface area contributed by atoms with Crippen molar-refractivity contribution in [2.45, 2.75) is 11.3 Å². The molecular formula is C11H12ClNS. The highest BCUT2D eigenvalue weighted by atomic mass is 35.5. The Balaban J connectivity index is 2.06. The molecule has 1 aliphatic heterocycles. The number of fused-ring (bicyclic) bond motifs is 1. The molecule has 74 valence electrons. The number of nitrogens with zero attached hydrogens (tertiary/aromatic N) is 1. The van der Waals surface area contributed by atoms with Gasteiger partial charge in [0.05, 0.1) is 0 Å². The molecule has 0 amide bonds. The lowest BCUT2D eigenvalue weighted by Crippen LogP contribution is -2.12. The minimum atomic E-state index is 0.729. The van der Waals surface area contributed by atoms with Crippen LogP contribution in [-0.2, 0) is 0 Å². The van der Waals surface area contributed by atoms with Gasteiger partial charge in [-0.05, 0) is 36.1 Å². The first-order valence-corrected chi connectivity index (χ1v) is 5.99. The summed E-state index contributed by atoms with van der Waals surface area (Å²) in [6, 6.07) is 8.43. The van der Waals surface area contributed by atoms with Gasteiger partial charge >= 0.3 is 0 Å². The van der Waals surface area contributed by atoms with Gasteiger partial charge in [0.1, 0.15) is 0 Å². The number of halogens is 1. The topological polar surface area (TPSA) is 3.24 Å². The molecule has 0 aromatic heterocycles. The summed E-state index contributed by atoms with van der Waals surface area (Å²) in [5.41, 5.74) is 1.31. The van der Waals surface area contributed by atoms with E-state index in [2.05, 4.69) is 40.8 Å². The van der Waals surface area contributed by atoms with E-state index in [1.807, 2.05) is 0 Å². The third-order valence-corrected chi connectivity index (χ3v) is 3.44. The van der Waals surface area contributed by atoms with Crippen LogP contribution in [0.25, 0.3) is 6.08 Å². The minimum absolute atomic E-state index is 0.729. The molecule has 3 heteroatoms. The van der Waals surface area contributed by atoms with Crippen LogP contribution in [0.5, 0.6) is 0 Å². The van der Waals surface area contributed by atoms with Gasteiger partial charge in [-0.2, -0.15) is 0 Å².